The molecule has 1 unspecified atom stereocenters. The Morgan fingerprint density at radius 1 is 1.23 bits per heavy atom. The van der Waals surface area contributed by atoms with Gasteiger partial charge in [-0.3, -0.25) is 4.79 Å². The number of benzene rings is 1. The third kappa shape index (κ3) is 11.2. The Hall–Kier alpha value is -2.10. The van der Waals surface area contributed by atoms with E-state index in [1.54, 1.807) is 12.2 Å². The van der Waals surface area contributed by atoms with Gasteiger partial charge in [-0.15, -0.1) is 0 Å². The minimum atomic E-state index is -3.37. The van der Waals surface area contributed by atoms with Gasteiger partial charge in [-0.05, 0) is 37.8 Å². The molecule has 0 fully saturated rings. The second-order valence-corrected chi connectivity index (χ2v) is 9.36. The van der Waals surface area contributed by atoms with E-state index in [4.69, 9.17) is 9.84 Å². The van der Waals surface area contributed by atoms with E-state index < -0.39 is 22.1 Å². The number of anilines is 1. The first-order valence-electron chi connectivity index (χ1n) is 9.99. The standard InChI is InChI=1S/C21H34N2O6S/c1-22(2)18-10-8-12-20(16-18)29-17-19(24)11-9-15-23(30(3,27)28)14-7-5-4-6-13-21(25)26/h5,7-8,10,12,16,19,24H,4,6,9,11,13-15,17H2,1-3H3,(H,25,26)/b7-5-. The number of nitrogens with zero attached hydrogens (tertiary/aromatic N) is 2. The molecule has 9 heteroatoms. The molecule has 2 N–H and O–H groups in total. The number of hydrogen-bond donors (Lipinski definition) is 2. The fourth-order valence-corrected chi connectivity index (χ4v) is 3.52. The van der Waals surface area contributed by atoms with Crippen LogP contribution in [-0.2, 0) is 14.8 Å². The molecular weight excluding hydrogens is 408 g/mol. The van der Waals surface area contributed by atoms with Crippen molar-refractivity contribution in [1.82, 2.24) is 4.31 Å². The summed E-state index contributed by atoms with van der Waals surface area (Å²) in [6, 6.07) is 7.56. The van der Waals surface area contributed by atoms with E-state index in [1.165, 1.54) is 4.31 Å². The van der Waals surface area contributed by atoms with E-state index in [1.807, 2.05) is 43.3 Å². The maximum absolute atomic E-state index is 11.9. The smallest absolute Gasteiger partial charge is 0.303 e. The lowest BCUT2D eigenvalue weighted by molar-refractivity contribution is -0.137. The highest BCUT2D eigenvalue weighted by atomic mass is 32.2. The Balaban J connectivity index is 2.38. The van der Waals surface area contributed by atoms with Crippen LogP contribution in [0.4, 0.5) is 5.69 Å². The molecule has 0 heterocycles. The van der Waals surface area contributed by atoms with Crippen molar-refractivity contribution in [2.45, 2.75) is 38.2 Å². The van der Waals surface area contributed by atoms with Crippen LogP contribution in [0, 0.1) is 0 Å². The second kappa shape index (κ2) is 13.3. The van der Waals surface area contributed by atoms with Crippen LogP contribution in [0.1, 0.15) is 32.1 Å². The summed E-state index contributed by atoms with van der Waals surface area (Å²) in [5, 5.41) is 18.8. The lowest BCUT2D eigenvalue weighted by Gasteiger charge is -2.19. The molecule has 8 nitrogen and oxygen atoms in total. The van der Waals surface area contributed by atoms with Crippen molar-refractivity contribution in [3.05, 3.63) is 36.4 Å². The molecule has 30 heavy (non-hydrogen) atoms. The SMILES string of the molecule is CN(C)c1cccc(OCC(O)CCCN(C/C=C\CCCC(=O)O)S(C)(=O)=O)c1. The summed E-state index contributed by atoms with van der Waals surface area (Å²) in [7, 11) is 0.508. The third-order valence-corrected chi connectivity index (χ3v) is 5.70. The minimum Gasteiger partial charge on any atom is -0.491 e. The van der Waals surface area contributed by atoms with Crippen molar-refractivity contribution in [1.29, 1.82) is 0 Å². The number of aliphatic hydroxyl groups excluding tert-OH is 1. The van der Waals surface area contributed by atoms with E-state index in [-0.39, 0.29) is 19.6 Å². The molecule has 0 aliphatic carbocycles. The van der Waals surface area contributed by atoms with Gasteiger partial charge in [0.05, 0.1) is 12.4 Å². The predicted molar refractivity (Wildman–Crippen MR) is 119 cm³/mol. The molecule has 170 valence electrons. The zero-order valence-electron chi connectivity index (χ0n) is 18.0. The minimum absolute atomic E-state index is 0.0968. The van der Waals surface area contributed by atoms with Gasteiger partial charge in [0.15, 0.2) is 0 Å². The Morgan fingerprint density at radius 3 is 2.60 bits per heavy atom. The maximum Gasteiger partial charge on any atom is 0.303 e. The molecule has 0 bridgehead atoms. The Bertz CT molecular complexity index is 779. The number of rotatable bonds is 15. The number of carboxylic acid groups (broad SMARTS) is 1. The molecule has 0 aliphatic rings. The van der Waals surface area contributed by atoms with Crippen LogP contribution in [0.2, 0.25) is 0 Å². The molecular formula is C21H34N2O6S. The second-order valence-electron chi connectivity index (χ2n) is 7.38. The summed E-state index contributed by atoms with van der Waals surface area (Å²) in [5.41, 5.74) is 1.00. The molecule has 0 amide bonds. The molecule has 0 radical (unpaired) electrons. The van der Waals surface area contributed by atoms with Crippen molar-refractivity contribution in [2.75, 3.05) is 44.9 Å². The Labute approximate surface area is 179 Å². The van der Waals surface area contributed by atoms with E-state index >= 15 is 0 Å². The summed E-state index contributed by atoms with van der Waals surface area (Å²) in [5.74, 6) is -0.167. The zero-order chi connectivity index (χ0) is 22.6. The molecule has 0 saturated carbocycles. The van der Waals surface area contributed by atoms with Crippen LogP contribution in [0.25, 0.3) is 0 Å². The van der Waals surface area contributed by atoms with Gasteiger partial charge in [-0.2, -0.15) is 4.31 Å². The van der Waals surface area contributed by atoms with Crippen molar-refractivity contribution in [3.8, 4) is 5.75 Å². The van der Waals surface area contributed by atoms with Crippen molar-refractivity contribution >= 4 is 21.7 Å². The molecule has 0 aliphatic heterocycles. The Morgan fingerprint density at radius 2 is 1.97 bits per heavy atom. The lowest BCUT2D eigenvalue weighted by Crippen LogP contribution is -2.32. The van der Waals surface area contributed by atoms with Gasteiger partial charge < -0.3 is 19.8 Å². The van der Waals surface area contributed by atoms with Gasteiger partial charge in [0.2, 0.25) is 10.0 Å². The van der Waals surface area contributed by atoms with E-state index in [0.29, 0.717) is 38.0 Å². The van der Waals surface area contributed by atoms with Crippen molar-refractivity contribution in [2.24, 2.45) is 0 Å². The van der Waals surface area contributed by atoms with E-state index in [0.717, 1.165) is 11.9 Å². The number of aliphatic carboxylic acids is 1. The van der Waals surface area contributed by atoms with E-state index in [2.05, 4.69) is 0 Å². The lowest BCUT2D eigenvalue weighted by atomic mass is 10.2. The molecule has 1 atom stereocenters. The van der Waals surface area contributed by atoms with Gasteiger partial charge in [-0.25, -0.2) is 8.42 Å². The fourth-order valence-electron chi connectivity index (χ4n) is 2.70. The van der Waals surface area contributed by atoms with Crippen LogP contribution in [0.15, 0.2) is 36.4 Å². The summed E-state index contributed by atoms with van der Waals surface area (Å²) in [4.78, 5) is 12.4. The molecule has 0 aromatic heterocycles. The first-order valence-corrected chi connectivity index (χ1v) is 11.8. The van der Waals surface area contributed by atoms with E-state index in [9.17, 15) is 18.3 Å². The van der Waals surface area contributed by atoms with Gasteiger partial charge in [-0.1, -0.05) is 18.2 Å². The highest BCUT2D eigenvalue weighted by molar-refractivity contribution is 7.88. The number of allylic oxidation sites excluding steroid dienone is 1. The van der Waals surface area contributed by atoms with Crippen LogP contribution < -0.4 is 9.64 Å². The largest absolute Gasteiger partial charge is 0.491 e. The van der Waals surface area contributed by atoms with Crippen LogP contribution in [-0.4, -0.2) is 75.1 Å². The number of carboxylic acids is 1. The molecule has 1 aromatic carbocycles. The number of sulfonamides is 1. The maximum atomic E-state index is 11.9. The van der Waals surface area contributed by atoms with Gasteiger partial charge in [0.25, 0.3) is 0 Å². The van der Waals surface area contributed by atoms with Gasteiger partial charge in [0, 0.05) is 45.4 Å². The number of aliphatic hydroxyl groups is 1. The Kier molecular flexibility index (Phi) is 11.5. The highest BCUT2D eigenvalue weighted by Crippen LogP contribution is 2.19. The van der Waals surface area contributed by atoms with Crippen LogP contribution in [0.3, 0.4) is 0 Å². The first-order chi connectivity index (χ1) is 14.1. The molecule has 0 spiro atoms. The number of carbonyl (C=O) groups is 1. The van der Waals surface area contributed by atoms with Crippen molar-refractivity contribution < 1.29 is 28.2 Å². The number of unbranched alkanes of at least 4 members (excludes halogenated alkanes) is 1. The quantitative estimate of drug-likeness (QED) is 0.317. The number of hydrogen-bond acceptors (Lipinski definition) is 6. The molecule has 0 saturated heterocycles. The number of ether oxygens (including phenoxy) is 1. The zero-order valence-corrected chi connectivity index (χ0v) is 18.8. The van der Waals surface area contributed by atoms with Crippen molar-refractivity contribution in [3.63, 3.8) is 0 Å². The highest BCUT2D eigenvalue weighted by Gasteiger charge is 2.15. The average Bonchev–Trinajstić information content (AvgIpc) is 2.66. The normalized spacial score (nSPS) is 13.0. The first kappa shape index (κ1) is 25.9. The third-order valence-electron chi connectivity index (χ3n) is 4.43. The van der Waals surface area contributed by atoms with Crippen LogP contribution >= 0.6 is 0 Å². The predicted octanol–water partition coefficient (Wildman–Crippen LogP) is 2.35. The fraction of sp³-hybridized carbons (Fsp3) is 0.571. The topological polar surface area (TPSA) is 107 Å². The molecule has 1 rings (SSSR count). The van der Waals surface area contributed by atoms with Gasteiger partial charge in [0.1, 0.15) is 12.4 Å². The summed E-state index contributed by atoms with van der Waals surface area (Å²) in [6.07, 6.45) is 6.13. The van der Waals surface area contributed by atoms with Crippen LogP contribution in [0.5, 0.6) is 5.75 Å². The monoisotopic (exact) mass is 442 g/mol. The average molecular weight is 443 g/mol. The summed E-state index contributed by atoms with van der Waals surface area (Å²) in [6.45, 7) is 0.667. The summed E-state index contributed by atoms with van der Waals surface area (Å²) < 4.78 is 30.9. The molecule has 1 aromatic rings. The van der Waals surface area contributed by atoms with Gasteiger partial charge >= 0.3 is 5.97 Å². The summed E-state index contributed by atoms with van der Waals surface area (Å²) >= 11 is 0.